The summed E-state index contributed by atoms with van der Waals surface area (Å²) in [6.07, 6.45) is 2.32. The summed E-state index contributed by atoms with van der Waals surface area (Å²) in [7, 11) is 0. The van der Waals surface area contributed by atoms with Gasteiger partial charge in [0.2, 0.25) is 0 Å². The van der Waals surface area contributed by atoms with E-state index in [4.69, 9.17) is 16.3 Å². The molecule has 0 amide bonds. The predicted octanol–water partition coefficient (Wildman–Crippen LogP) is 5.00. The average Bonchev–Trinajstić information content (AvgIpc) is 2.32. The molecule has 0 N–H and O–H groups in total. The average molecular weight is 306 g/mol. The number of hydrogen-bond donors (Lipinski definition) is 0. The first-order valence-corrected chi connectivity index (χ1v) is 7.01. The van der Waals surface area contributed by atoms with Crippen LogP contribution in [0.1, 0.15) is 32.3 Å². The first-order chi connectivity index (χ1) is 7.71. The van der Waals surface area contributed by atoms with E-state index in [1.165, 1.54) is 0 Å². The molecule has 0 spiro atoms. The molecule has 0 fully saturated rings. The van der Waals surface area contributed by atoms with Crippen molar-refractivity contribution in [2.45, 2.75) is 32.6 Å². The van der Waals surface area contributed by atoms with Crippen LogP contribution in [0.5, 0.6) is 5.75 Å². The second-order valence-corrected chi connectivity index (χ2v) is 5.00. The molecule has 0 aliphatic carbocycles. The van der Waals surface area contributed by atoms with Gasteiger partial charge in [-0.15, -0.1) is 11.6 Å². The van der Waals surface area contributed by atoms with Gasteiger partial charge in [-0.2, -0.15) is 0 Å². The highest BCUT2D eigenvalue weighted by atomic mass is 79.9. The molecular weight excluding hydrogens is 287 g/mol. The second-order valence-electron chi connectivity index (χ2n) is 3.88. The molecule has 0 aromatic heterocycles. The van der Waals surface area contributed by atoms with Gasteiger partial charge in [0.1, 0.15) is 5.75 Å². The topological polar surface area (TPSA) is 9.23 Å². The molecule has 0 unspecified atom stereocenters. The van der Waals surface area contributed by atoms with E-state index in [1.54, 1.807) is 0 Å². The normalized spacial score (nSPS) is 10.8. The number of ether oxygens (including phenoxy) is 1. The molecule has 1 aromatic carbocycles. The maximum atomic E-state index is 5.84. The zero-order valence-electron chi connectivity index (χ0n) is 9.80. The highest BCUT2D eigenvalue weighted by molar-refractivity contribution is 9.10. The molecule has 0 aliphatic rings. The van der Waals surface area contributed by atoms with Crippen molar-refractivity contribution in [3.63, 3.8) is 0 Å². The molecule has 0 aliphatic heterocycles. The summed E-state index contributed by atoms with van der Waals surface area (Å²) >= 11 is 9.29. The van der Waals surface area contributed by atoms with E-state index in [2.05, 4.69) is 29.8 Å². The van der Waals surface area contributed by atoms with E-state index in [9.17, 15) is 0 Å². The van der Waals surface area contributed by atoms with Crippen LogP contribution in [-0.2, 0) is 5.88 Å². The Morgan fingerprint density at radius 2 is 2.00 bits per heavy atom. The van der Waals surface area contributed by atoms with Gasteiger partial charge in [0.25, 0.3) is 0 Å². The zero-order chi connectivity index (χ0) is 12.0. The minimum atomic E-state index is 0.503. The van der Waals surface area contributed by atoms with Crippen LogP contribution in [0.25, 0.3) is 0 Å². The Morgan fingerprint density at radius 3 is 2.56 bits per heavy atom. The van der Waals surface area contributed by atoms with Crippen molar-refractivity contribution in [3.8, 4) is 5.75 Å². The van der Waals surface area contributed by atoms with Gasteiger partial charge in [0.15, 0.2) is 0 Å². The minimum absolute atomic E-state index is 0.503. The monoisotopic (exact) mass is 304 g/mol. The lowest BCUT2D eigenvalue weighted by Crippen LogP contribution is -2.10. The molecule has 0 heterocycles. The molecule has 0 bridgehead atoms. The molecule has 90 valence electrons. The van der Waals surface area contributed by atoms with E-state index in [1.807, 2.05) is 18.2 Å². The Morgan fingerprint density at radius 1 is 1.31 bits per heavy atom. The largest absolute Gasteiger partial charge is 0.493 e. The summed E-state index contributed by atoms with van der Waals surface area (Å²) in [5.74, 6) is 2.05. The Labute approximate surface area is 111 Å². The van der Waals surface area contributed by atoms with Crippen molar-refractivity contribution in [1.82, 2.24) is 0 Å². The number of halogens is 2. The third-order valence-electron chi connectivity index (χ3n) is 2.80. The van der Waals surface area contributed by atoms with Crippen molar-refractivity contribution >= 4 is 27.5 Å². The van der Waals surface area contributed by atoms with Crippen molar-refractivity contribution in [2.24, 2.45) is 5.92 Å². The molecule has 0 saturated heterocycles. The Kier molecular flexibility index (Phi) is 6.22. The van der Waals surface area contributed by atoms with E-state index < -0.39 is 0 Å². The second kappa shape index (κ2) is 7.18. The Bertz CT molecular complexity index is 324. The van der Waals surface area contributed by atoms with Crippen molar-refractivity contribution in [1.29, 1.82) is 0 Å². The van der Waals surface area contributed by atoms with Crippen LogP contribution in [0.15, 0.2) is 22.7 Å². The SMILES string of the molecule is CCC(CC)COc1ccc(Br)c(CCl)c1. The first kappa shape index (κ1) is 13.9. The van der Waals surface area contributed by atoms with Gasteiger partial charge in [-0.25, -0.2) is 0 Å². The van der Waals surface area contributed by atoms with Crippen LogP contribution in [0, 0.1) is 5.92 Å². The van der Waals surface area contributed by atoms with Crippen LogP contribution >= 0.6 is 27.5 Å². The van der Waals surface area contributed by atoms with E-state index in [0.29, 0.717) is 11.8 Å². The molecule has 16 heavy (non-hydrogen) atoms. The summed E-state index contributed by atoms with van der Waals surface area (Å²) in [6, 6.07) is 5.96. The molecule has 0 atom stereocenters. The lowest BCUT2D eigenvalue weighted by molar-refractivity contribution is 0.240. The third kappa shape index (κ3) is 3.99. The van der Waals surface area contributed by atoms with Crippen LogP contribution in [0.2, 0.25) is 0 Å². The highest BCUT2D eigenvalue weighted by Gasteiger charge is 2.06. The van der Waals surface area contributed by atoms with Gasteiger partial charge in [0, 0.05) is 10.4 Å². The highest BCUT2D eigenvalue weighted by Crippen LogP contribution is 2.24. The molecule has 0 radical (unpaired) electrons. The lowest BCUT2D eigenvalue weighted by atomic mass is 10.1. The maximum Gasteiger partial charge on any atom is 0.119 e. The predicted molar refractivity (Wildman–Crippen MR) is 73.3 cm³/mol. The van der Waals surface area contributed by atoms with Gasteiger partial charge >= 0.3 is 0 Å². The quantitative estimate of drug-likeness (QED) is 0.672. The summed E-state index contributed by atoms with van der Waals surface area (Å²) < 4.78 is 6.81. The van der Waals surface area contributed by atoms with Crippen molar-refractivity contribution in [3.05, 3.63) is 28.2 Å². The fraction of sp³-hybridized carbons (Fsp3) is 0.538. The molecule has 1 rings (SSSR count). The van der Waals surface area contributed by atoms with E-state index in [0.717, 1.165) is 35.2 Å². The van der Waals surface area contributed by atoms with Crippen molar-refractivity contribution in [2.75, 3.05) is 6.61 Å². The molecule has 0 saturated carbocycles. The van der Waals surface area contributed by atoms with Crippen LogP contribution in [-0.4, -0.2) is 6.61 Å². The third-order valence-corrected chi connectivity index (χ3v) is 3.86. The van der Waals surface area contributed by atoms with Gasteiger partial charge in [-0.3, -0.25) is 0 Å². The van der Waals surface area contributed by atoms with Crippen LogP contribution in [0.3, 0.4) is 0 Å². The Hall–Kier alpha value is -0.210. The fourth-order valence-electron chi connectivity index (χ4n) is 1.48. The molecule has 3 heteroatoms. The molecule has 1 nitrogen and oxygen atoms in total. The van der Waals surface area contributed by atoms with Crippen molar-refractivity contribution < 1.29 is 4.74 Å². The maximum absolute atomic E-state index is 5.84. The number of rotatable bonds is 6. The fourth-order valence-corrected chi connectivity index (χ4v) is 2.25. The van der Waals surface area contributed by atoms with Gasteiger partial charge in [-0.05, 0) is 29.7 Å². The van der Waals surface area contributed by atoms with Gasteiger partial charge < -0.3 is 4.74 Å². The minimum Gasteiger partial charge on any atom is -0.493 e. The van der Waals surface area contributed by atoms with Gasteiger partial charge in [0.05, 0.1) is 6.61 Å². The number of hydrogen-bond acceptors (Lipinski definition) is 1. The summed E-state index contributed by atoms with van der Waals surface area (Å²) in [4.78, 5) is 0. The van der Waals surface area contributed by atoms with E-state index >= 15 is 0 Å². The van der Waals surface area contributed by atoms with Crippen LogP contribution < -0.4 is 4.74 Å². The summed E-state index contributed by atoms with van der Waals surface area (Å²) in [5, 5.41) is 0. The van der Waals surface area contributed by atoms with Gasteiger partial charge in [-0.1, -0.05) is 42.6 Å². The number of alkyl halides is 1. The molecule has 1 aromatic rings. The smallest absolute Gasteiger partial charge is 0.119 e. The van der Waals surface area contributed by atoms with E-state index in [-0.39, 0.29) is 0 Å². The molecular formula is C13H18BrClO. The first-order valence-electron chi connectivity index (χ1n) is 5.68. The van der Waals surface area contributed by atoms with Crippen LogP contribution in [0.4, 0.5) is 0 Å². The summed E-state index contributed by atoms with van der Waals surface area (Å²) in [5.41, 5.74) is 1.07. The lowest BCUT2D eigenvalue weighted by Gasteiger charge is -2.14. The standard InChI is InChI=1S/C13H18BrClO/c1-3-10(4-2)9-16-12-5-6-13(14)11(7-12)8-15/h5-7,10H,3-4,8-9H2,1-2H3. The Balaban J connectivity index is 2.60. The zero-order valence-corrected chi connectivity index (χ0v) is 12.1. The summed E-state index contributed by atoms with van der Waals surface area (Å²) in [6.45, 7) is 5.18. The number of benzene rings is 1.